The summed E-state index contributed by atoms with van der Waals surface area (Å²) in [7, 11) is 2.12. The molecule has 0 saturated heterocycles. The molecule has 1 aromatic carbocycles. The number of aromatic amines is 1. The molecular weight excluding hydrogens is 452 g/mol. The first kappa shape index (κ1) is 22.5. The molecule has 0 fully saturated rings. The van der Waals surface area contributed by atoms with Crippen molar-refractivity contribution in [3.8, 4) is 11.1 Å². The average Bonchev–Trinajstić information content (AvgIpc) is 3.53. The van der Waals surface area contributed by atoms with Crippen molar-refractivity contribution >= 4 is 28.5 Å². The molecule has 4 aromatic rings. The number of benzene rings is 1. The topological polar surface area (TPSA) is 97.4 Å². The highest BCUT2D eigenvalue weighted by molar-refractivity contribution is 5.98. The summed E-state index contributed by atoms with van der Waals surface area (Å²) in [6, 6.07) is 13.8. The number of fused-ring (bicyclic) bond motifs is 2. The van der Waals surface area contributed by atoms with Gasteiger partial charge in [-0.3, -0.25) is 5.32 Å². The number of carbonyl (C=O) groups is 1. The van der Waals surface area contributed by atoms with Gasteiger partial charge in [-0.25, -0.2) is 14.8 Å². The van der Waals surface area contributed by atoms with Crippen molar-refractivity contribution < 1.29 is 9.90 Å². The van der Waals surface area contributed by atoms with Crippen LogP contribution in [-0.4, -0.2) is 56.0 Å². The van der Waals surface area contributed by atoms with Crippen LogP contribution in [0.25, 0.3) is 27.7 Å². The number of anilines is 1. The molecule has 0 saturated carbocycles. The predicted molar refractivity (Wildman–Crippen MR) is 140 cm³/mol. The molecule has 0 radical (unpaired) electrons. The van der Waals surface area contributed by atoms with Crippen LogP contribution in [-0.2, 0) is 19.7 Å². The lowest BCUT2D eigenvalue weighted by molar-refractivity contribution is 0.212. The Kier molecular flexibility index (Phi) is 5.75. The van der Waals surface area contributed by atoms with E-state index in [-0.39, 0.29) is 12.6 Å². The monoisotopic (exact) mass is 480 g/mol. The Labute approximate surface area is 209 Å². The summed E-state index contributed by atoms with van der Waals surface area (Å²) in [4.78, 5) is 29.5. The van der Waals surface area contributed by atoms with E-state index in [2.05, 4.69) is 44.4 Å². The number of H-pyrrole nitrogens is 1. The van der Waals surface area contributed by atoms with Gasteiger partial charge in [0.25, 0.3) is 0 Å². The highest BCUT2D eigenvalue weighted by atomic mass is 16.3. The van der Waals surface area contributed by atoms with E-state index in [1.807, 2.05) is 36.4 Å². The third kappa shape index (κ3) is 4.04. The largest absolute Gasteiger partial charge is 0.392 e. The summed E-state index contributed by atoms with van der Waals surface area (Å²) in [5, 5.41) is 14.3. The number of hydrogen-bond acceptors (Lipinski definition) is 5. The molecule has 5 heterocycles. The van der Waals surface area contributed by atoms with E-state index in [4.69, 9.17) is 0 Å². The van der Waals surface area contributed by atoms with Gasteiger partial charge in [0.2, 0.25) is 0 Å². The minimum atomic E-state index is -0.252. The average molecular weight is 481 g/mol. The molecule has 3 N–H and O–H groups in total. The number of aliphatic hydroxyl groups excluding tert-OH is 1. The van der Waals surface area contributed by atoms with Gasteiger partial charge in [-0.05, 0) is 59.5 Å². The molecule has 8 heteroatoms. The van der Waals surface area contributed by atoms with E-state index >= 15 is 0 Å². The van der Waals surface area contributed by atoms with Crippen molar-refractivity contribution in [1.82, 2.24) is 24.8 Å². The molecular formula is C28H28N6O2. The maximum atomic E-state index is 13.1. The van der Waals surface area contributed by atoms with Crippen LogP contribution in [0, 0.1) is 0 Å². The second-order valence-corrected chi connectivity index (χ2v) is 9.44. The van der Waals surface area contributed by atoms with Gasteiger partial charge >= 0.3 is 6.03 Å². The zero-order valence-corrected chi connectivity index (χ0v) is 20.2. The van der Waals surface area contributed by atoms with Crippen LogP contribution in [0.2, 0.25) is 0 Å². The van der Waals surface area contributed by atoms with E-state index in [0.717, 1.165) is 58.5 Å². The Morgan fingerprint density at radius 2 is 1.83 bits per heavy atom. The number of hydrogen-bond donors (Lipinski definition) is 3. The number of pyridine rings is 2. The van der Waals surface area contributed by atoms with E-state index < -0.39 is 0 Å². The number of aromatic nitrogens is 3. The summed E-state index contributed by atoms with van der Waals surface area (Å²) in [5.41, 5.74) is 7.79. The third-order valence-electron chi connectivity index (χ3n) is 7.15. The number of likely N-dealkylation sites (N-methyl/N-ethyl adjacent to an activating group) is 1. The summed E-state index contributed by atoms with van der Waals surface area (Å²) in [5.74, 6) is 0.370. The Hall–Kier alpha value is -4.01. The molecule has 0 bridgehead atoms. The molecule has 2 aliphatic rings. The zero-order chi connectivity index (χ0) is 24.6. The first-order valence-corrected chi connectivity index (χ1v) is 12.2. The summed E-state index contributed by atoms with van der Waals surface area (Å²) < 4.78 is 0. The fourth-order valence-corrected chi connectivity index (χ4v) is 5.12. The van der Waals surface area contributed by atoms with Gasteiger partial charge in [-0.15, -0.1) is 0 Å². The molecule has 2 aliphatic heterocycles. The van der Waals surface area contributed by atoms with Gasteiger partial charge in [-0.2, -0.15) is 0 Å². The lowest BCUT2D eigenvalue weighted by Gasteiger charge is -2.21. The third-order valence-corrected chi connectivity index (χ3v) is 7.15. The number of urea groups is 1. The van der Waals surface area contributed by atoms with Gasteiger partial charge in [0.1, 0.15) is 11.5 Å². The second kappa shape index (κ2) is 9.22. The number of amides is 2. The molecule has 0 unspecified atom stereocenters. The fourth-order valence-electron chi connectivity index (χ4n) is 5.12. The molecule has 3 aromatic heterocycles. The van der Waals surface area contributed by atoms with Gasteiger partial charge in [-0.1, -0.05) is 30.3 Å². The minimum Gasteiger partial charge on any atom is -0.392 e. The fraction of sp³-hybridized carbons (Fsp3) is 0.250. The van der Waals surface area contributed by atoms with Crippen molar-refractivity contribution in [3.05, 3.63) is 83.3 Å². The normalized spacial score (nSPS) is 15.7. The number of nitrogens with zero attached hydrogens (tertiary/aromatic N) is 4. The van der Waals surface area contributed by atoms with E-state index in [9.17, 15) is 9.90 Å². The lowest BCUT2D eigenvalue weighted by atomic mass is 9.98. The molecule has 2 amide bonds. The van der Waals surface area contributed by atoms with Gasteiger partial charge in [0, 0.05) is 55.2 Å². The lowest BCUT2D eigenvalue weighted by Crippen LogP contribution is -2.31. The molecule has 182 valence electrons. The van der Waals surface area contributed by atoms with Crippen LogP contribution in [0.5, 0.6) is 0 Å². The first-order valence-electron chi connectivity index (χ1n) is 12.2. The molecule has 8 nitrogen and oxygen atoms in total. The van der Waals surface area contributed by atoms with Gasteiger partial charge < -0.3 is 19.9 Å². The van der Waals surface area contributed by atoms with E-state index in [1.54, 1.807) is 17.3 Å². The second-order valence-electron chi connectivity index (χ2n) is 9.44. The quantitative estimate of drug-likeness (QED) is 0.403. The van der Waals surface area contributed by atoms with Crippen LogP contribution in [0.3, 0.4) is 0 Å². The molecule has 0 spiro atoms. The SMILES string of the molecule is CN1CC=C(c2cc3c(-c4ccnc(NC(=O)N5Cc6ccccc6C5)c4CO)ccnc3[nH]2)CC1. The molecule has 0 aliphatic carbocycles. The van der Waals surface area contributed by atoms with Crippen LogP contribution < -0.4 is 5.32 Å². The van der Waals surface area contributed by atoms with Crippen molar-refractivity contribution in [2.75, 3.05) is 25.5 Å². The first-order chi connectivity index (χ1) is 17.6. The maximum absolute atomic E-state index is 13.1. The number of aliphatic hydroxyl groups is 1. The standard InChI is InChI=1S/C28H28N6O2/c1-33-12-8-18(9-13-33)25-14-23-21(6-10-29-26(23)31-25)22-7-11-30-27(24(22)17-35)32-28(36)34-15-19-4-2-3-5-20(19)16-34/h2-8,10-11,14,35H,9,12-13,15-17H2,1H3,(H,29,31)(H,30,32,36). The van der Waals surface area contributed by atoms with Crippen LogP contribution >= 0.6 is 0 Å². The number of carbonyl (C=O) groups excluding carboxylic acids is 1. The Morgan fingerprint density at radius 3 is 2.56 bits per heavy atom. The van der Waals surface area contributed by atoms with Gasteiger partial charge in [0.15, 0.2) is 0 Å². The van der Waals surface area contributed by atoms with Crippen LogP contribution in [0.4, 0.5) is 10.6 Å². The summed E-state index contributed by atoms with van der Waals surface area (Å²) in [6.07, 6.45) is 6.67. The Morgan fingerprint density at radius 1 is 1.08 bits per heavy atom. The predicted octanol–water partition coefficient (Wildman–Crippen LogP) is 4.38. The minimum absolute atomic E-state index is 0.233. The maximum Gasteiger partial charge on any atom is 0.323 e. The van der Waals surface area contributed by atoms with Crippen molar-refractivity contribution in [3.63, 3.8) is 0 Å². The van der Waals surface area contributed by atoms with Crippen molar-refractivity contribution in [2.45, 2.75) is 26.1 Å². The highest BCUT2D eigenvalue weighted by Gasteiger charge is 2.24. The molecule has 6 rings (SSSR count). The van der Waals surface area contributed by atoms with Crippen LogP contribution in [0.1, 0.15) is 28.8 Å². The Balaban J connectivity index is 1.32. The molecule has 0 atom stereocenters. The molecule has 36 heavy (non-hydrogen) atoms. The van der Waals surface area contributed by atoms with Crippen molar-refractivity contribution in [1.29, 1.82) is 0 Å². The number of nitrogens with one attached hydrogen (secondary N) is 2. The highest BCUT2D eigenvalue weighted by Crippen LogP contribution is 2.35. The number of rotatable bonds is 4. The van der Waals surface area contributed by atoms with Crippen molar-refractivity contribution in [2.24, 2.45) is 0 Å². The summed E-state index contributed by atoms with van der Waals surface area (Å²) in [6.45, 7) is 2.80. The zero-order valence-electron chi connectivity index (χ0n) is 20.2. The van der Waals surface area contributed by atoms with Gasteiger partial charge in [0.05, 0.1) is 6.61 Å². The van der Waals surface area contributed by atoms with E-state index in [0.29, 0.717) is 24.5 Å². The van der Waals surface area contributed by atoms with Crippen LogP contribution in [0.15, 0.2) is 60.9 Å². The Bertz CT molecular complexity index is 1470. The summed E-state index contributed by atoms with van der Waals surface area (Å²) >= 11 is 0. The smallest absolute Gasteiger partial charge is 0.323 e. The van der Waals surface area contributed by atoms with E-state index in [1.165, 1.54) is 5.57 Å².